The standard InChI is InChI=1S/C24H26FNO4S/c1-3-8-23-22(17-24(27)30-4-2)21(18-11-13-19(25)14-12-18)15-16-26(23)31(28,29)20-9-6-5-7-10-20/h3,5-7,9-14,23H,1,4,8,15-17H2,2H3. The molecule has 0 aliphatic carbocycles. The van der Waals surface area contributed by atoms with E-state index in [-0.39, 0.29) is 30.3 Å². The minimum absolute atomic E-state index is 0.0418. The smallest absolute Gasteiger partial charge is 0.309 e. The maximum Gasteiger partial charge on any atom is 0.309 e. The Morgan fingerprint density at radius 1 is 1.19 bits per heavy atom. The van der Waals surface area contributed by atoms with Gasteiger partial charge in [-0.05, 0) is 60.7 Å². The summed E-state index contributed by atoms with van der Waals surface area (Å²) in [4.78, 5) is 12.6. The molecule has 0 aromatic heterocycles. The van der Waals surface area contributed by atoms with Crippen LogP contribution in [-0.4, -0.2) is 37.9 Å². The van der Waals surface area contributed by atoms with Crippen LogP contribution in [0.15, 0.2) is 77.7 Å². The summed E-state index contributed by atoms with van der Waals surface area (Å²) in [6.45, 7) is 5.99. The Labute approximate surface area is 182 Å². The quantitative estimate of drug-likeness (QED) is 0.443. The van der Waals surface area contributed by atoms with Crippen LogP contribution < -0.4 is 0 Å². The molecule has 1 aliphatic rings. The molecule has 0 saturated carbocycles. The van der Waals surface area contributed by atoms with E-state index in [4.69, 9.17) is 4.74 Å². The van der Waals surface area contributed by atoms with Crippen molar-refractivity contribution in [3.8, 4) is 0 Å². The summed E-state index contributed by atoms with van der Waals surface area (Å²) in [6.07, 6.45) is 2.35. The van der Waals surface area contributed by atoms with Crippen molar-refractivity contribution < 1.29 is 22.3 Å². The van der Waals surface area contributed by atoms with Crippen molar-refractivity contribution in [2.45, 2.75) is 37.1 Å². The number of nitrogens with zero attached hydrogens (tertiary/aromatic N) is 1. The van der Waals surface area contributed by atoms with Crippen LogP contribution in [0.25, 0.3) is 5.57 Å². The van der Waals surface area contributed by atoms with E-state index in [0.717, 1.165) is 11.1 Å². The van der Waals surface area contributed by atoms with Crippen molar-refractivity contribution in [1.29, 1.82) is 0 Å². The first-order valence-corrected chi connectivity index (χ1v) is 11.6. The first kappa shape index (κ1) is 22.9. The molecule has 5 nitrogen and oxygen atoms in total. The van der Waals surface area contributed by atoms with Gasteiger partial charge in [-0.2, -0.15) is 4.31 Å². The second kappa shape index (κ2) is 10.0. The predicted molar refractivity (Wildman–Crippen MR) is 118 cm³/mol. The summed E-state index contributed by atoms with van der Waals surface area (Å²) in [5.74, 6) is -0.784. The Hall–Kier alpha value is -2.77. The largest absolute Gasteiger partial charge is 0.466 e. The van der Waals surface area contributed by atoms with Crippen molar-refractivity contribution in [3.63, 3.8) is 0 Å². The normalized spacial score (nSPS) is 17.4. The van der Waals surface area contributed by atoms with Crippen LogP contribution in [0.4, 0.5) is 4.39 Å². The molecule has 7 heteroatoms. The van der Waals surface area contributed by atoms with Crippen LogP contribution in [0.3, 0.4) is 0 Å². The topological polar surface area (TPSA) is 63.7 Å². The number of rotatable bonds is 8. The molecule has 31 heavy (non-hydrogen) atoms. The number of halogens is 1. The monoisotopic (exact) mass is 443 g/mol. The number of benzene rings is 2. The van der Waals surface area contributed by atoms with E-state index in [9.17, 15) is 17.6 Å². The zero-order chi connectivity index (χ0) is 22.4. The lowest BCUT2D eigenvalue weighted by atomic mass is 9.86. The lowest BCUT2D eigenvalue weighted by Gasteiger charge is -2.38. The number of carbonyl (C=O) groups is 1. The molecule has 1 heterocycles. The molecule has 0 fully saturated rings. The summed E-state index contributed by atoms with van der Waals surface area (Å²) >= 11 is 0. The summed E-state index contributed by atoms with van der Waals surface area (Å²) in [6, 6.07) is 13.7. The van der Waals surface area contributed by atoms with Gasteiger partial charge in [-0.15, -0.1) is 6.58 Å². The molecule has 1 aliphatic heterocycles. The fourth-order valence-electron chi connectivity index (χ4n) is 3.92. The fourth-order valence-corrected chi connectivity index (χ4v) is 5.57. The Bertz CT molecular complexity index is 1060. The molecule has 0 radical (unpaired) electrons. The first-order chi connectivity index (χ1) is 14.9. The molecule has 0 saturated heterocycles. The molecule has 164 valence electrons. The van der Waals surface area contributed by atoms with Gasteiger partial charge < -0.3 is 4.74 Å². The highest BCUT2D eigenvalue weighted by Crippen LogP contribution is 2.37. The van der Waals surface area contributed by atoms with E-state index in [1.54, 1.807) is 55.5 Å². The van der Waals surface area contributed by atoms with Crippen LogP contribution in [0.2, 0.25) is 0 Å². The van der Waals surface area contributed by atoms with E-state index >= 15 is 0 Å². The molecule has 1 unspecified atom stereocenters. The third-order valence-corrected chi connectivity index (χ3v) is 7.21. The fraction of sp³-hybridized carbons (Fsp3) is 0.292. The first-order valence-electron chi connectivity index (χ1n) is 10.2. The third kappa shape index (κ3) is 5.11. The minimum atomic E-state index is -3.79. The van der Waals surface area contributed by atoms with E-state index in [0.29, 0.717) is 18.4 Å². The van der Waals surface area contributed by atoms with E-state index in [1.165, 1.54) is 16.4 Å². The van der Waals surface area contributed by atoms with Crippen LogP contribution in [-0.2, 0) is 19.6 Å². The molecule has 2 aromatic rings. The maximum atomic E-state index is 13.5. The highest BCUT2D eigenvalue weighted by molar-refractivity contribution is 7.89. The number of esters is 1. The van der Waals surface area contributed by atoms with Gasteiger partial charge in [0.15, 0.2) is 0 Å². The highest BCUT2D eigenvalue weighted by atomic mass is 32.2. The second-order valence-electron chi connectivity index (χ2n) is 7.21. The van der Waals surface area contributed by atoms with E-state index in [2.05, 4.69) is 6.58 Å². The number of hydrogen-bond acceptors (Lipinski definition) is 4. The van der Waals surface area contributed by atoms with Gasteiger partial charge in [0.05, 0.1) is 24.0 Å². The van der Waals surface area contributed by atoms with Crippen LogP contribution in [0, 0.1) is 5.82 Å². The second-order valence-corrected chi connectivity index (χ2v) is 9.10. The SMILES string of the molecule is C=CCC1C(CC(=O)OCC)=C(c2ccc(F)cc2)CCN1S(=O)(=O)c1ccccc1. The van der Waals surface area contributed by atoms with Crippen molar-refractivity contribution in [1.82, 2.24) is 4.31 Å². The molecule has 1 atom stereocenters. The summed E-state index contributed by atoms with van der Waals surface area (Å²) in [7, 11) is -3.79. The number of carbonyl (C=O) groups excluding carboxylic acids is 1. The zero-order valence-electron chi connectivity index (χ0n) is 17.5. The molecular formula is C24H26FNO4S. The molecule has 2 aromatic carbocycles. The van der Waals surface area contributed by atoms with Gasteiger partial charge in [0.1, 0.15) is 5.82 Å². The Kier molecular flexibility index (Phi) is 7.41. The summed E-state index contributed by atoms with van der Waals surface area (Å²) < 4.78 is 46.9. The van der Waals surface area contributed by atoms with Crippen molar-refractivity contribution >= 4 is 21.6 Å². The van der Waals surface area contributed by atoms with Crippen molar-refractivity contribution in [2.75, 3.05) is 13.2 Å². The van der Waals surface area contributed by atoms with Crippen molar-refractivity contribution in [2.24, 2.45) is 0 Å². The van der Waals surface area contributed by atoms with Gasteiger partial charge in [0, 0.05) is 6.54 Å². The van der Waals surface area contributed by atoms with Crippen LogP contribution in [0.5, 0.6) is 0 Å². The van der Waals surface area contributed by atoms with Gasteiger partial charge in [0.2, 0.25) is 10.0 Å². The molecule has 0 N–H and O–H groups in total. The predicted octanol–water partition coefficient (Wildman–Crippen LogP) is 4.57. The molecule has 0 amide bonds. The van der Waals surface area contributed by atoms with Crippen molar-refractivity contribution in [3.05, 3.63) is 84.2 Å². The molecule has 3 rings (SSSR count). The number of ether oxygens (including phenoxy) is 1. The van der Waals surface area contributed by atoms with Gasteiger partial charge in [-0.3, -0.25) is 4.79 Å². The third-order valence-electron chi connectivity index (χ3n) is 5.29. The van der Waals surface area contributed by atoms with Crippen LogP contribution >= 0.6 is 0 Å². The van der Waals surface area contributed by atoms with E-state index in [1.807, 2.05) is 0 Å². The number of hydrogen-bond donors (Lipinski definition) is 0. The Morgan fingerprint density at radius 3 is 2.48 bits per heavy atom. The Balaban J connectivity index is 2.11. The zero-order valence-corrected chi connectivity index (χ0v) is 18.3. The lowest BCUT2D eigenvalue weighted by Crippen LogP contribution is -2.45. The highest BCUT2D eigenvalue weighted by Gasteiger charge is 2.38. The maximum absolute atomic E-state index is 13.5. The average molecular weight is 444 g/mol. The van der Waals surface area contributed by atoms with Gasteiger partial charge in [-0.25, -0.2) is 12.8 Å². The minimum Gasteiger partial charge on any atom is -0.466 e. The Morgan fingerprint density at radius 2 is 1.87 bits per heavy atom. The average Bonchev–Trinajstić information content (AvgIpc) is 2.76. The van der Waals surface area contributed by atoms with Gasteiger partial charge in [0.25, 0.3) is 0 Å². The number of sulfonamides is 1. The summed E-state index contributed by atoms with van der Waals surface area (Å²) in [5, 5.41) is 0. The van der Waals surface area contributed by atoms with E-state index < -0.39 is 22.0 Å². The molecule has 0 spiro atoms. The van der Waals surface area contributed by atoms with Crippen LogP contribution in [0.1, 0.15) is 31.7 Å². The molecular weight excluding hydrogens is 417 g/mol. The van der Waals surface area contributed by atoms with Gasteiger partial charge in [-0.1, -0.05) is 36.4 Å². The lowest BCUT2D eigenvalue weighted by molar-refractivity contribution is -0.142. The molecule has 0 bridgehead atoms. The summed E-state index contributed by atoms with van der Waals surface area (Å²) in [5.41, 5.74) is 2.28. The van der Waals surface area contributed by atoms with Gasteiger partial charge >= 0.3 is 5.97 Å².